The Kier molecular flexibility index (Phi) is 3.98. The highest BCUT2D eigenvalue weighted by Gasteiger charge is 2.13. The zero-order valence-corrected chi connectivity index (χ0v) is 10.8. The summed E-state index contributed by atoms with van der Waals surface area (Å²) in [5.41, 5.74) is 0.512. The van der Waals surface area contributed by atoms with Gasteiger partial charge < -0.3 is 14.3 Å². The number of amides is 1. The summed E-state index contributed by atoms with van der Waals surface area (Å²) >= 11 is 1.33. The zero-order valence-electron chi connectivity index (χ0n) is 9.97. The molecular formula is C10H12N4O3S. The van der Waals surface area contributed by atoms with Crippen LogP contribution in [0.3, 0.4) is 0 Å². The summed E-state index contributed by atoms with van der Waals surface area (Å²) in [6.45, 7) is 1.78. The number of aromatic nitrogens is 3. The van der Waals surface area contributed by atoms with Crippen molar-refractivity contribution in [2.24, 2.45) is 0 Å². The average Bonchev–Trinajstić information content (AvgIpc) is 2.97. The van der Waals surface area contributed by atoms with Crippen LogP contribution in [-0.2, 0) is 4.79 Å². The van der Waals surface area contributed by atoms with Crippen molar-refractivity contribution in [3.8, 4) is 11.6 Å². The lowest BCUT2D eigenvalue weighted by atomic mass is 10.4. The molecule has 0 bridgehead atoms. The Morgan fingerprint density at radius 1 is 1.50 bits per heavy atom. The molecule has 2 heterocycles. The minimum Gasteiger partial charge on any atom is -0.409 e. The summed E-state index contributed by atoms with van der Waals surface area (Å²) in [4.78, 5) is 11.0. The van der Waals surface area contributed by atoms with Gasteiger partial charge in [-0.2, -0.15) is 0 Å². The Morgan fingerprint density at radius 3 is 3.00 bits per heavy atom. The molecular weight excluding hydrogens is 256 g/mol. The molecule has 0 radical (unpaired) electrons. The van der Waals surface area contributed by atoms with Gasteiger partial charge in [0.05, 0.1) is 0 Å². The molecule has 0 unspecified atom stereocenters. The number of aryl methyl sites for hydroxylation is 1. The van der Waals surface area contributed by atoms with Gasteiger partial charge in [-0.05, 0) is 6.92 Å². The highest BCUT2D eigenvalue weighted by molar-refractivity contribution is 7.99. The lowest BCUT2D eigenvalue weighted by Crippen LogP contribution is -2.17. The summed E-state index contributed by atoms with van der Waals surface area (Å²) in [7, 11) is 1.60. The van der Waals surface area contributed by atoms with E-state index in [0.29, 0.717) is 34.7 Å². The van der Waals surface area contributed by atoms with E-state index in [1.54, 1.807) is 20.0 Å². The van der Waals surface area contributed by atoms with Crippen LogP contribution in [0.4, 0.5) is 0 Å². The molecule has 0 aliphatic rings. The van der Waals surface area contributed by atoms with E-state index in [0.717, 1.165) is 0 Å². The van der Waals surface area contributed by atoms with Crippen molar-refractivity contribution in [2.75, 3.05) is 12.8 Å². The Balaban J connectivity index is 1.92. The minimum atomic E-state index is -0.0191. The van der Waals surface area contributed by atoms with Crippen LogP contribution in [0.15, 0.2) is 20.2 Å². The predicted molar refractivity (Wildman–Crippen MR) is 63.9 cm³/mol. The molecule has 96 valence electrons. The number of thioether (sulfide) groups is 1. The number of nitrogens with one attached hydrogen (secondary N) is 1. The van der Waals surface area contributed by atoms with Crippen molar-refractivity contribution in [2.45, 2.75) is 18.6 Å². The molecule has 0 aliphatic heterocycles. The van der Waals surface area contributed by atoms with E-state index < -0.39 is 0 Å². The van der Waals surface area contributed by atoms with Gasteiger partial charge in [-0.25, -0.2) is 0 Å². The summed E-state index contributed by atoms with van der Waals surface area (Å²) in [6.07, 6.45) is 0.405. The first kappa shape index (κ1) is 12.6. The summed E-state index contributed by atoms with van der Waals surface area (Å²) in [6, 6.07) is 1.71. The van der Waals surface area contributed by atoms with Gasteiger partial charge in [-0.1, -0.05) is 16.9 Å². The van der Waals surface area contributed by atoms with Crippen molar-refractivity contribution < 1.29 is 13.7 Å². The molecule has 2 rings (SSSR count). The molecule has 0 spiro atoms. The molecule has 18 heavy (non-hydrogen) atoms. The highest BCUT2D eigenvalue weighted by atomic mass is 32.2. The van der Waals surface area contributed by atoms with Crippen molar-refractivity contribution in [1.82, 2.24) is 20.7 Å². The van der Waals surface area contributed by atoms with Crippen LogP contribution in [0.25, 0.3) is 11.6 Å². The quantitative estimate of drug-likeness (QED) is 0.816. The third-order valence-electron chi connectivity index (χ3n) is 2.09. The second kappa shape index (κ2) is 5.67. The van der Waals surface area contributed by atoms with Crippen LogP contribution in [0, 0.1) is 6.92 Å². The Morgan fingerprint density at radius 2 is 2.33 bits per heavy atom. The molecule has 8 heteroatoms. The molecule has 0 fully saturated rings. The Bertz CT molecular complexity index is 537. The van der Waals surface area contributed by atoms with Gasteiger partial charge in [-0.15, -0.1) is 10.2 Å². The van der Waals surface area contributed by atoms with Gasteiger partial charge >= 0.3 is 0 Å². The second-order valence-corrected chi connectivity index (χ2v) is 4.51. The fourth-order valence-electron chi connectivity index (χ4n) is 1.19. The SMILES string of the molecule is CNC(=O)CCSc1nnc(-c2cc(C)on2)o1. The monoisotopic (exact) mass is 268 g/mol. The van der Waals surface area contributed by atoms with E-state index in [-0.39, 0.29) is 5.91 Å². The highest BCUT2D eigenvalue weighted by Crippen LogP contribution is 2.23. The maximum absolute atomic E-state index is 11.0. The van der Waals surface area contributed by atoms with Gasteiger partial charge in [0.2, 0.25) is 5.91 Å². The minimum absolute atomic E-state index is 0.0191. The van der Waals surface area contributed by atoms with Crippen LogP contribution in [0.1, 0.15) is 12.2 Å². The zero-order chi connectivity index (χ0) is 13.0. The molecule has 0 aliphatic carbocycles. The van der Waals surface area contributed by atoms with Crippen molar-refractivity contribution in [3.05, 3.63) is 11.8 Å². The van der Waals surface area contributed by atoms with Crippen LogP contribution in [0.2, 0.25) is 0 Å². The van der Waals surface area contributed by atoms with Gasteiger partial charge in [0.25, 0.3) is 11.1 Å². The van der Waals surface area contributed by atoms with E-state index >= 15 is 0 Å². The molecule has 0 aromatic carbocycles. The van der Waals surface area contributed by atoms with Crippen LogP contribution in [0.5, 0.6) is 0 Å². The standard InChI is InChI=1S/C10H12N4O3S/c1-6-5-7(14-17-6)9-12-13-10(16-9)18-4-3-8(15)11-2/h5H,3-4H2,1-2H3,(H,11,15). The van der Waals surface area contributed by atoms with E-state index in [1.165, 1.54) is 11.8 Å². The molecule has 1 N–H and O–H groups in total. The number of carbonyl (C=O) groups is 1. The number of hydrogen-bond donors (Lipinski definition) is 1. The number of nitrogens with zero attached hydrogens (tertiary/aromatic N) is 3. The molecule has 1 amide bonds. The average molecular weight is 268 g/mol. The fourth-order valence-corrected chi connectivity index (χ4v) is 1.89. The largest absolute Gasteiger partial charge is 0.409 e. The topological polar surface area (TPSA) is 94.1 Å². The van der Waals surface area contributed by atoms with E-state index in [1.807, 2.05) is 0 Å². The molecule has 2 aromatic heterocycles. The normalized spacial score (nSPS) is 10.6. The maximum atomic E-state index is 11.0. The van der Waals surface area contributed by atoms with Crippen molar-refractivity contribution in [1.29, 1.82) is 0 Å². The van der Waals surface area contributed by atoms with Crippen LogP contribution in [-0.4, -0.2) is 34.1 Å². The van der Waals surface area contributed by atoms with Gasteiger partial charge in [0, 0.05) is 25.3 Å². The first-order chi connectivity index (χ1) is 8.69. The van der Waals surface area contributed by atoms with Gasteiger partial charge in [0.1, 0.15) is 5.76 Å². The first-order valence-electron chi connectivity index (χ1n) is 5.29. The Labute approximate surface area is 107 Å². The third kappa shape index (κ3) is 3.10. The van der Waals surface area contributed by atoms with Crippen LogP contribution < -0.4 is 5.32 Å². The molecule has 7 nitrogen and oxygen atoms in total. The Hall–Kier alpha value is -1.83. The second-order valence-electron chi connectivity index (χ2n) is 3.47. The van der Waals surface area contributed by atoms with E-state index in [9.17, 15) is 4.79 Å². The van der Waals surface area contributed by atoms with E-state index in [2.05, 4.69) is 20.7 Å². The van der Waals surface area contributed by atoms with Gasteiger partial charge in [-0.3, -0.25) is 4.79 Å². The van der Waals surface area contributed by atoms with E-state index in [4.69, 9.17) is 8.94 Å². The number of carbonyl (C=O) groups excluding carboxylic acids is 1. The first-order valence-corrected chi connectivity index (χ1v) is 6.28. The number of hydrogen-bond acceptors (Lipinski definition) is 7. The van der Waals surface area contributed by atoms with Crippen LogP contribution >= 0.6 is 11.8 Å². The fraction of sp³-hybridized carbons (Fsp3) is 0.400. The summed E-state index contributed by atoms with van der Waals surface area (Å²) in [5.74, 6) is 1.56. The van der Waals surface area contributed by atoms with Crippen molar-refractivity contribution in [3.63, 3.8) is 0 Å². The molecule has 0 atom stereocenters. The lowest BCUT2D eigenvalue weighted by molar-refractivity contribution is -0.120. The maximum Gasteiger partial charge on any atom is 0.276 e. The van der Waals surface area contributed by atoms with Crippen molar-refractivity contribution >= 4 is 17.7 Å². The summed E-state index contributed by atoms with van der Waals surface area (Å²) in [5, 5.41) is 14.4. The van der Waals surface area contributed by atoms with Gasteiger partial charge in [0.15, 0.2) is 5.69 Å². The molecule has 0 saturated carbocycles. The molecule has 0 saturated heterocycles. The third-order valence-corrected chi connectivity index (χ3v) is 2.91. The lowest BCUT2D eigenvalue weighted by Gasteiger charge is -1.95. The molecule has 2 aromatic rings. The smallest absolute Gasteiger partial charge is 0.276 e. The summed E-state index contributed by atoms with van der Waals surface area (Å²) < 4.78 is 10.3. The predicted octanol–water partition coefficient (Wildman–Crippen LogP) is 1.26. The number of rotatable bonds is 5.